The normalized spacial score (nSPS) is 12.5. The molecule has 0 bridgehead atoms. The highest BCUT2D eigenvalue weighted by atomic mass is 16.1. The highest BCUT2D eigenvalue weighted by Crippen LogP contribution is 2.11. The molecule has 0 fully saturated rings. The van der Waals surface area contributed by atoms with Crippen LogP contribution < -0.4 is 5.73 Å². The monoisotopic (exact) mass is 205 g/mol. The number of rotatable bonds is 5. The van der Waals surface area contributed by atoms with Crippen molar-refractivity contribution in [3.8, 4) is 0 Å². The second-order valence-electron chi connectivity index (χ2n) is 3.75. The van der Waals surface area contributed by atoms with E-state index in [0.717, 1.165) is 6.42 Å². The number of nitrogens with two attached hydrogens (primary N) is 1. The van der Waals surface area contributed by atoms with Crippen LogP contribution in [0.2, 0.25) is 0 Å². The summed E-state index contributed by atoms with van der Waals surface area (Å²) in [5, 5.41) is 0. The van der Waals surface area contributed by atoms with Crippen LogP contribution in [0, 0.1) is 0 Å². The summed E-state index contributed by atoms with van der Waals surface area (Å²) in [6.07, 6.45) is 2.18. The summed E-state index contributed by atoms with van der Waals surface area (Å²) < 4.78 is 0. The SMILES string of the molecule is CCC(=O)C(N)Cc1ccccc1CC. The minimum Gasteiger partial charge on any atom is -0.321 e. The van der Waals surface area contributed by atoms with Gasteiger partial charge in [0, 0.05) is 6.42 Å². The number of ketones is 1. The minimum absolute atomic E-state index is 0.140. The lowest BCUT2D eigenvalue weighted by molar-refractivity contribution is -0.119. The Balaban J connectivity index is 2.75. The zero-order valence-electron chi connectivity index (χ0n) is 9.49. The average Bonchev–Trinajstić information content (AvgIpc) is 2.28. The number of benzene rings is 1. The number of Topliss-reactive ketones (excluding diaryl/α,β-unsaturated/α-hetero) is 1. The first-order valence-corrected chi connectivity index (χ1v) is 5.54. The first kappa shape index (κ1) is 11.9. The van der Waals surface area contributed by atoms with Crippen LogP contribution in [0.1, 0.15) is 31.4 Å². The summed E-state index contributed by atoms with van der Waals surface area (Å²) in [6.45, 7) is 3.97. The molecular weight excluding hydrogens is 186 g/mol. The average molecular weight is 205 g/mol. The number of carbonyl (C=O) groups excluding carboxylic acids is 1. The van der Waals surface area contributed by atoms with Crippen molar-refractivity contribution in [3.63, 3.8) is 0 Å². The molecule has 0 aromatic heterocycles. The molecule has 0 saturated heterocycles. The summed E-state index contributed by atoms with van der Waals surface area (Å²) in [6, 6.07) is 7.83. The van der Waals surface area contributed by atoms with Crippen molar-refractivity contribution < 1.29 is 4.79 Å². The van der Waals surface area contributed by atoms with Gasteiger partial charge in [0.05, 0.1) is 6.04 Å². The van der Waals surface area contributed by atoms with E-state index in [9.17, 15) is 4.79 Å². The Hall–Kier alpha value is -1.15. The van der Waals surface area contributed by atoms with E-state index in [4.69, 9.17) is 5.73 Å². The maximum absolute atomic E-state index is 11.4. The van der Waals surface area contributed by atoms with E-state index in [1.165, 1.54) is 11.1 Å². The van der Waals surface area contributed by atoms with Crippen LogP contribution in [-0.4, -0.2) is 11.8 Å². The summed E-state index contributed by atoms with van der Waals surface area (Å²) in [7, 11) is 0. The molecule has 2 N–H and O–H groups in total. The molecule has 0 saturated carbocycles. The number of carbonyl (C=O) groups is 1. The third-order valence-electron chi connectivity index (χ3n) is 2.70. The minimum atomic E-state index is -0.345. The van der Waals surface area contributed by atoms with E-state index in [-0.39, 0.29) is 11.8 Å². The van der Waals surface area contributed by atoms with E-state index in [1.807, 2.05) is 19.1 Å². The van der Waals surface area contributed by atoms with Gasteiger partial charge in [-0.25, -0.2) is 0 Å². The topological polar surface area (TPSA) is 43.1 Å². The molecule has 1 unspecified atom stereocenters. The molecule has 0 spiro atoms. The lowest BCUT2D eigenvalue weighted by Crippen LogP contribution is -2.32. The molecule has 1 rings (SSSR count). The van der Waals surface area contributed by atoms with Gasteiger partial charge in [-0.2, -0.15) is 0 Å². The van der Waals surface area contributed by atoms with Crippen LogP contribution in [0.15, 0.2) is 24.3 Å². The Morgan fingerprint density at radius 2 is 1.87 bits per heavy atom. The van der Waals surface area contributed by atoms with Gasteiger partial charge in [-0.15, -0.1) is 0 Å². The first-order valence-electron chi connectivity index (χ1n) is 5.54. The Bertz CT molecular complexity index is 333. The van der Waals surface area contributed by atoms with Crippen molar-refractivity contribution in [1.29, 1.82) is 0 Å². The van der Waals surface area contributed by atoms with E-state index in [1.54, 1.807) is 0 Å². The predicted octanol–water partition coefficient (Wildman–Crippen LogP) is 2.10. The molecule has 2 heteroatoms. The zero-order chi connectivity index (χ0) is 11.3. The first-order chi connectivity index (χ1) is 7.19. The molecule has 0 aliphatic rings. The van der Waals surface area contributed by atoms with Gasteiger partial charge in [0.25, 0.3) is 0 Å². The van der Waals surface area contributed by atoms with Crippen molar-refractivity contribution in [2.24, 2.45) is 5.73 Å². The fourth-order valence-electron chi connectivity index (χ4n) is 1.71. The van der Waals surface area contributed by atoms with E-state index >= 15 is 0 Å². The molecule has 1 aromatic carbocycles. The van der Waals surface area contributed by atoms with Crippen molar-refractivity contribution in [1.82, 2.24) is 0 Å². The summed E-state index contributed by atoms with van der Waals surface area (Å²) in [5.74, 6) is 0.140. The predicted molar refractivity (Wildman–Crippen MR) is 62.8 cm³/mol. The third kappa shape index (κ3) is 3.17. The Labute approximate surface area is 91.5 Å². The maximum Gasteiger partial charge on any atom is 0.149 e. The van der Waals surface area contributed by atoms with Gasteiger partial charge in [-0.05, 0) is 24.0 Å². The van der Waals surface area contributed by atoms with Crippen LogP contribution in [0.25, 0.3) is 0 Å². The molecule has 0 radical (unpaired) electrons. The smallest absolute Gasteiger partial charge is 0.149 e. The van der Waals surface area contributed by atoms with Gasteiger partial charge in [-0.1, -0.05) is 38.1 Å². The van der Waals surface area contributed by atoms with Gasteiger partial charge in [0.2, 0.25) is 0 Å². The quantitative estimate of drug-likeness (QED) is 0.800. The third-order valence-corrected chi connectivity index (χ3v) is 2.70. The fraction of sp³-hybridized carbons (Fsp3) is 0.462. The number of hydrogen-bond acceptors (Lipinski definition) is 2. The second kappa shape index (κ2) is 5.66. The molecule has 0 aliphatic heterocycles. The van der Waals surface area contributed by atoms with Crippen molar-refractivity contribution in [3.05, 3.63) is 35.4 Å². The largest absolute Gasteiger partial charge is 0.321 e. The number of aryl methyl sites for hydroxylation is 1. The molecule has 1 atom stereocenters. The summed E-state index contributed by atoms with van der Waals surface area (Å²) in [4.78, 5) is 11.4. The molecule has 0 heterocycles. The summed E-state index contributed by atoms with van der Waals surface area (Å²) in [5.41, 5.74) is 8.33. The molecule has 0 aliphatic carbocycles. The zero-order valence-corrected chi connectivity index (χ0v) is 9.49. The standard InChI is InChI=1S/C13H19NO/c1-3-10-7-5-6-8-11(10)9-12(14)13(15)4-2/h5-8,12H,3-4,9,14H2,1-2H3. The Morgan fingerprint density at radius 1 is 1.27 bits per heavy atom. The molecule has 0 amide bonds. The molecule has 82 valence electrons. The van der Waals surface area contributed by atoms with Crippen LogP contribution in [0.3, 0.4) is 0 Å². The van der Waals surface area contributed by atoms with Crippen molar-refractivity contribution in [2.75, 3.05) is 0 Å². The van der Waals surface area contributed by atoms with Crippen LogP contribution in [-0.2, 0) is 17.6 Å². The lowest BCUT2D eigenvalue weighted by Gasteiger charge is -2.12. The second-order valence-corrected chi connectivity index (χ2v) is 3.75. The Kier molecular flexibility index (Phi) is 4.50. The molecule has 15 heavy (non-hydrogen) atoms. The molecule has 2 nitrogen and oxygen atoms in total. The van der Waals surface area contributed by atoms with Crippen LogP contribution >= 0.6 is 0 Å². The van der Waals surface area contributed by atoms with Gasteiger partial charge >= 0.3 is 0 Å². The van der Waals surface area contributed by atoms with Crippen molar-refractivity contribution in [2.45, 2.75) is 39.2 Å². The van der Waals surface area contributed by atoms with Gasteiger partial charge in [-0.3, -0.25) is 4.79 Å². The summed E-state index contributed by atoms with van der Waals surface area (Å²) >= 11 is 0. The van der Waals surface area contributed by atoms with Crippen LogP contribution in [0.4, 0.5) is 0 Å². The number of hydrogen-bond donors (Lipinski definition) is 1. The highest BCUT2D eigenvalue weighted by Gasteiger charge is 2.13. The van der Waals surface area contributed by atoms with Gasteiger partial charge in [0.15, 0.2) is 0 Å². The lowest BCUT2D eigenvalue weighted by atomic mass is 9.96. The van der Waals surface area contributed by atoms with Crippen molar-refractivity contribution >= 4 is 5.78 Å². The van der Waals surface area contributed by atoms with E-state index in [0.29, 0.717) is 12.8 Å². The molecular formula is C13H19NO. The highest BCUT2D eigenvalue weighted by molar-refractivity contribution is 5.83. The van der Waals surface area contributed by atoms with Gasteiger partial charge < -0.3 is 5.73 Å². The van der Waals surface area contributed by atoms with Crippen LogP contribution in [0.5, 0.6) is 0 Å². The maximum atomic E-state index is 11.4. The van der Waals surface area contributed by atoms with E-state index < -0.39 is 0 Å². The Morgan fingerprint density at radius 3 is 2.40 bits per heavy atom. The fourth-order valence-corrected chi connectivity index (χ4v) is 1.71. The van der Waals surface area contributed by atoms with Gasteiger partial charge in [0.1, 0.15) is 5.78 Å². The van der Waals surface area contributed by atoms with E-state index in [2.05, 4.69) is 19.1 Å². The molecule has 1 aromatic rings.